The minimum absolute atomic E-state index is 0.0366. The van der Waals surface area contributed by atoms with Gasteiger partial charge in [0.25, 0.3) is 5.56 Å². The molecule has 0 saturated heterocycles. The molecule has 2 atom stereocenters. The Bertz CT molecular complexity index is 1310. The van der Waals surface area contributed by atoms with E-state index in [-0.39, 0.29) is 24.7 Å². The number of amides is 2. The van der Waals surface area contributed by atoms with Crippen LogP contribution < -0.4 is 15.8 Å². The molecule has 0 fully saturated rings. The van der Waals surface area contributed by atoms with Crippen molar-refractivity contribution >= 4 is 23.4 Å². The second-order valence-corrected chi connectivity index (χ2v) is 9.07. The van der Waals surface area contributed by atoms with Crippen LogP contribution in [0.3, 0.4) is 0 Å². The molecule has 0 aliphatic carbocycles. The third kappa shape index (κ3) is 4.93. The summed E-state index contributed by atoms with van der Waals surface area (Å²) < 4.78 is 6.90. The van der Waals surface area contributed by atoms with Gasteiger partial charge in [-0.1, -0.05) is 68.5 Å². The number of hydrogen-bond acceptors (Lipinski definition) is 5. The lowest BCUT2D eigenvalue weighted by atomic mass is 9.83. The molecule has 2 aromatic carbocycles. The Balaban J connectivity index is 1.68. The number of fused-ring (bicyclic) bond motifs is 1. The van der Waals surface area contributed by atoms with E-state index in [1.165, 1.54) is 21.7 Å². The number of rotatable bonds is 8. The predicted molar refractivity (Wildman–Crippen MR) is 139 cm³/mol. The molecule has 4 rings (SSSR count). The molecule has 2 heterocycles. The highest BCUT2D eigenvalue weighted by Gasteiger charge is 2.45. The van der Waals surface area contributed by atoms with Crippen molar-refractivity contribution in [3.63, 3.8) is 0 Å². The van der Waals surface area contributed by atoms with E-state index in [0.29, 0.717) is 24.4 Å². The third-order valence-corrected chi connectivity index (χ3v) is 6.62. The molecule has 36 heavy (non-hydrogen) atoms. The molecule has 1 aliphatic heterocycles. The van der Waals surface area contributed by atoms with Crippen molar-refractivity contribution in [2.75, 3.05) is 16.8 Å². The van der Waals surface area contributed by atoms with Gasteiger partial charge in [0.15, 0.2) is 0 Å². The van der Waals surface area contributed by atoms with Gasteiger partial charge in [0.2, 0.25) is 5.91 Å². The van der Waals surface area contributed by atoms with Crippen LogP contribution in [0.4, 0.5) is 16.2 Å². The topological polar surface area (TPSA) is 93.5 Å². The van der Waals surface area contributed by atoms with Gasteiger partial charge in [-0.3, -0.25) is 19.1 Å². The Labute approximate surface area is 210 Å². The maximum absolute atomic E-state index is 13.8. The smallest absolute Gasteiger partial charge is 0.415 e. The van der Waals surface area contributed by atoms with E-state index in [1.807, 2.05) is 62.4 Å². The van der Waals surface area contributed by atoms with Crippen molar-refractivity contribution in [3.05, 3.63) is 101 Å². The van der Waals surface area contributed by atoms with Gasteiger partial charge in [-0.15, -0.1) is 6.58 Å². The fourth-order valence-corrected chi connectivity index (χ4v) is 4.45. The number of benzene rings is 2. The minimum Gasteiger partial charge on any atom is -0.444 e. The number of hydrogen-bond donors (Lipinski definition) is 1. The molecule has 2 amide bonds. The molecule has 8 heteroatoms. The average molecular weight is 487 g/mol. The van der Waals surface area contributed by atoms with Crippen LogP contribution in [0.2, 0.25) is 0 Å². The lowest BCUT2D eigenvalue weighted by Gasteiger charge is -2.23. The molecule has 0 spiro atoms. The lowest BCUT2D eigenvalue weighted by molar-refractivity contribution is -0.119. The summed E-state index contributed by atoms with van der Waals surface area (Å²) in [6.07, 6.45) is 3.33. The van der Waals surface area contributed by atoms with Crippen molar-refractivity contribution in [2.24, 2.45) is 0 Å². The number of carbonyl (C=O) groups is 2. The predicted octanol–water partition coefficient (Wildman–Crippen LogP) is 4.82. The van der Waals surface area contributed by atoms with Crippen LogP contribution in [0, 0.1) is 0 Å². The summed E-state index contributed by atoms with van der Waals surface area (Å²) in [5.41, 5.74) is 0.570. The molecular formula is C28H30N4O4. The van der Waals surface area contributed by atoms with Crippen LogP contribution in [0.5, 0.6) is 0 Å². The van der Waals surface area contributed by atoms with Gasteiger partial charge < -0.3 is 10.1 Å². The fourth-order valence-electron chi connectivity index (χ4n) is 4.45. The zero-order chi connectivity index (χ0) is 25.7. The van der Waals surface area contributed by atoms with Crippen LogP contribution in [0.25, 0.3) is 0 Å². The molecule has 0 bridgehead atoms. The van der Waals surface area contributed by atoms with Crippen molar-refractivity contribution < 1.29 is 14.3 Å². The molecule has 8 nitrogen and oxygen atoms in total. The molecule has 1 N–H and O–H groups in total. The van der Waals surface area contributed by atoms with Crippen molar-refractivity contribution in [2.45, 2.75) is 44.8 Å². The molecular weight excluding hydrogens is 456 g/mol. The largest absolute Gasteiger partial charge is 0.444 e. The maximum atomic E-state index is 13.8. The van der Waals surface area contributed by atoms with Gasteiger partial charge in [0.1, 0.15) is 24.2 Å². The van der Waals surface area contributed by atoms with Gasteiger partial charge in [-0.2, -0.15) is 0 Å². The van der Waals surface area contributed by atoms with Crippen molar-refractivity contribution in [3.8, 4) is 0 Å². The Kier molecular flexibility index (Phi) is 7.33. The third-order valence-electron chi connectivity index (χ3n) is 6.62. The number of nitrogens with one attached hydrogen (secondary N) is 1. The fraction of sp³-hybridized carbons (Fsp3) is 0.286. The number of anilines is 2. The minimum atomic E-state index is -0.768. The zero-order valence-electron chi connectivity index (χ0n) is 20.5. The lowest BCUT2D eigenvalue weighted by Crippen LogP contribution is -2.40. The Morgan fingerprint density at radius 1 is 1.19 bits per heavy atom. The Morgan fingerprint density at radius 2 is 1.86 bits per heavy atom. The van der Waals surface area contributed by atoms with Gasteiger partial charge in [0.05, 0.1) is 6.20 Å². The van der Waals surface area contributed by atoms with Crippen LogP contribution in [-0.4, -0.2) is 28.1 Å². The maximum Gasteiger partial charge on any atom is 0.415 e. The van der Waals surface area contributed by atoms with Crippen LogP contribution in [0.15, 0.2) is 84.3 Å². The van der Waals surface area contributed by atoms with Gasteiger partial charge in [-0.25, -0.2) is 9.78 Å². The summed E-state index contributed by atoms with van der Waals surface area (Å²) in [7, 11) is 0. The van der Waals surface area contributed by atoms with E-state index in [1.54, 1.807) is 12.1 Å². The van der Waals surface area contributed by atoms with Crippen LogP contribution >= 0.6 is 0 Å². The van der Waals surface area contributed by atoms with Crippen LogP contribution in [-0.2, 0) is 21.6 Å². The van der Waals surface area contributed by atoms with Crippen molar-refractivity contribution in [1.82, 2.24) is 9.55 Å². The Hall–Kier alpha value is -4.20. The molecule has 1 aromatic heterocycles. The molecule has 186 valence electrons. The number of nitrogens with zero attached hydrogens (tertiary/aromatic N) is 3. The summed E-state index contributed by atoms with van der Waals surface area (Å²) in [6, 6.07) is 17.6. The van der Waals surface area contributed by atoms with E-state index >= 15 is 0 Å². The molecule has 1 aliphatic rings. The van der Waals surface area contributed by atoms with E-state index in [9.17, 15) is 14.4 Å². The highest BCUT2D eigenvalue weighted by Crippen LogP contribution is 2.42. The molecule has 0 radical (unpaired) electrons. The summed E-state index contributed by atoms with van der Waals surface area (Å²) in [5.74, 6) is 0.228. The quantitative estimate of drug-likeness (QED) is 0.461. The number of para-hydroxylation sites is 1. The average Bonchev–Trinajstić information content (AvgIpc) is 3.21. The molecule has 3 aromatic rings. The number of carbonyl (C=O) groups excluding carboxylic acids is 2. The standard InChI is InChI=1S/C28H30N4O4/c1-4-16-31(27(35)36-19-20-12-8-6-9-13-20)23-18-29-26-28(3,5-2)17-22(32(26)25(23)34)24(33)30-21-14-10-7-11-15-21/h4,6-15,18,22H,1,5,16-17,19H2,2-3H3,(H,30,33)/t22-,28+/m0/s1. The second-order valence-electron chi connectivity index (χ2n) is 9.07. The monoisotopic (exact) mass is 486 g/mol. The van der Waals surface area contributed by atoms with E-state index < -0.39 is 23.1 Å². The van der Waals surface area contributed by atoms with Gasteiger partial charge >= 0.3 is 6.09 Å². The number of ether oxygens (including phenoxy) is 1. The first-order valence-electron chi connectivity index (χ1n) is 11.9. The normalized spacial score (nSPS) is 18.2. The first-order valence-corrected chi connectivity index (χ1v) is 11.9. The van der Waals surface area contributed by atoms with Crippen LogP contribution in [0.1, 0.15) is 44.1 Å². The molecule has 0 saturated carbocycles. The molecule has 0 unspecified atom stereocenters. The van der Waals surface area contributed by atoms with E-state index in [4.69, 9.17) is 4.74 Å². The van der Waals surface area contributed by atoms with Crippen molar-refractivity contribution in [1.29, 1.82) is 0 Å². The van der Waals surface area contributed by atoms with E-state index in [2.05, 4.69) is 16.9 Å². The number of aromatic nitrogens is 2. The van der Waals surface area contributed by atoms with Gasteiger partial charge in [-0.05, 0) is 30.5 Å². The summed E-state index contributed by atoms with van der Waals surface area (Å²) in [5, 5.41) is 2.90. The first-order chi connectivity index (χ1) is 17.4. The Morgan fingerprint density at radius 3 is 2.50 bits per heavy atom. The zero-order valence-corrected chi connectivity index (χ0v) is 20.5. The highest BCUT2D eigenvalue weighted by molar-refractivity contribution is 5.94. The second kappa shape index (κ2) is 10.6. The summed E-state index contributed by atoms with van der Waals surface area (Å²) in [6.45, 7) is 7.83. The first kappa shape index (κ1) is 24.9. The highest BCUT2D eigenvalue weighted by atomic mass is 16.6. The van der Waals surface area contributed by atoms with Gasteiger partial charge in [0, 0.05) is 17.6 Å². The summed E-state index contributed by atoms with van der Waals surface area (Å²) >= 11 is 0. The SMILES string of the molecule is C=CCN(C(=O)OCc1ccccc1)c1cnc2n(c1=O)[C@H](C(=O)Nc1ccccc1)C[C@@]2(C)CC. The van der Waals surface area contributed by atoms with E-state index in [0.717, 1.165) is 5.56 Å². The summed E-state index contributed by atoms with van der Waals surface area (Å²) in [4.78, 5) is 45.9.